The van der Waals surface area contributed by atoms with Crippen molar-refractivity contribution in [3.05, 3.63) is 24.3 Å². The van der Waals surface area contributed by atoms with Gasteiger partial charge in [0.1, 0.15) is 0 Å². The summed E-state index contributed by atoms with van der Waals surface area (Å²) >= 11 is 3.14. The molecule has 1 aromatic carbocycles. The summed E-state index contributed by atoms with van der Waals surface area (Å²) in [6, 6.07) is 8.05. The third-order valence-electron chi connectivity index (χ3n) is 5.96. The van der Waals surface area contributed by atoms with Gasteiger partial charge in [-0.15, -0.1) is 11.3 Å². The van der Waals surface area contributed by atoms with Gasteiger partial charge in [0.15, 0.2) is 4.34 Å². The lowest BCUT2D eigenvalue weighted by Crippen LogP contribution is -2.44. The Morgan fingerprint density at radius 2 is 1.90 bits per heavy atom. The number of benzene rings is 1. The number of aromatic nitrogens is 1. The summed E-state index contributed by atoms with van der Waals surface area (Å²) in [5, 5.41) is 3.10. The van der Waals surface area contributed by atoms with Crippen LogP contribution in [0.1, 0.15) is 32.1 Å². The minimum atomic E-state index is 0.0396. The monoisotopic (exact) mass is 446 g/mol. The first-order valence-corrected chi connectivity index (χ1v) is 12.8. The summed E-state index contributed by atoms with van der Waals surface area (Å²) in [5.74, 6) is 0.751. The molecule has 2 saturated heterocycles. The molecule has 162 valence electrons. The van der Waals surface area contributed by atoms with Gasteiger partial charge in [0.05, 0.1) is 16.0 Å². The fourth-order valence-corrected chi connectivity index (χ4v) is 6.15. The summed E-state index contributed by atoms with van der Waals surface area (Å²) in [6.45, 7) is 5.60. The quantitative estimate of drug-likeness (QED) is 0.498. The number of piperidine rings is 1. The SMILES string of the molecule is O=C(NCCCN1CCCC1)C1CCN(C(=O)CSc2nc3ccccc3s2)CC1. The van der Waals surface area contributed by atoms with Gasteiger partial charge >= 0.3 is 0 Å². The van der Waals surface area contributed by atoms with Crippen molar-refractivity contribution < 1.29 is 9.59 Å². The van der Waals surface area contributed by atoms with Crippen LogP contribution in [0.25, 0.3) is 10.2 Å². The minimum Gasteiger partial charge on any atom is -0.356 e. The number of thioether (sulfide) groups is 1. The summed E-state index contributed by atoms with van der Waals surface area (Å²) in [4.78, 5) is 34.0. The first-order chi connectivity index (χ1) is 14.7. The van der Waals surface area contributed by atoms with E-state index in [-0.39, 0.29) is 17.7 Å². The lowest BCUT2D eigenvalue weighted by molar-refractivity contribution is -0.133. The standard InChI is InChI=1S/C22H30N4O2S2/c27-20(16-29-22-24-18-6-1-2-7-19(18)30-22)26-14-8-17(9-15-26)21(28)23-10-5-13-25-11-3-4-12-25/h1-2,6-7,17H,3-5,8-16H2,(H,23,28). The number of hydrogen-bond acceptors (Lipinski definition) is 6. The van der Waals surface area contributed by atoms with Crippen molar-refractivity contribution in [2.24, 2.45) is 5.92 Å². The molecule has 0 bridgehead atoms. The summed E-state index contributed by atoms with van der Waals surface area (Å²) < 4.78 is 2.09. The molecule has 3 heterocycles. The number of likely N-dealkylation sites (tertiary alicyclic amines) is 2. The van der Waals surface area contributed by atoms with Crippen LogP contribution in [0.4, 0.5) is 0 Å². The average Bonchev–Trinajstić information content (AvgIpc) is 3.44. The van der Waals surface area contributed by atoms with E-state index >= 15 is 0 Å². The highest BCUT2D eigenvalue weighted by molar-refractivity contribution is 8.01. The normalized spacial score (nSPS) is 18.2. The van der Waals surface area contributed by atoms with Gasteiger partial charge in [-0.3, -0.25) is 9.59 Å². The molecule has 2 aliphatic heterocycles. The molecule has 30 heavy (non-hydrogen) atoms. The molecule has 1 aromatic heterocycles. The van der Waals surface area contributed by atoms with Crippen LogP contribution in [0.2, 0.25) is 0 Å². The third-order valence-corrected chi connectivity index (χ3v) is 8.12. The number of para-hydroxylation sites is 1. The van der Waals surface area contributed by atoms with Crippen molar-refractivity contribution in [3.63, 3.8) is 0 Å². The summed E-state index contributed by atoms with van der Waals surface area (Å²) in [5.41, 5.74) is 0.990. The van der Waals surface area contributed by atoms with E-state index in [9.17, 15) is 9.59 Å². The van der Waals surface area contributed by atoms with E-state index in [4.69, 9.17) is 0 Å². The van der Waals surface area contributed by atoms with Gasteiger partial charge in [-0.25, -0.2) is 4.98 Å². The minimum absolute atomic E-state index is 0.0396. The van der Waals surface area contributed by atoms with Gasteiger partial charge in [0, 0.05) is 25.6 Å². The van der Waals surface area contributed by atoms with Gasteiger partial charge in [0.2, 0.25) is 11.8 Å². The molecule has 2 fully saturated rings. The maximum absolute atomic E-state index is 12.6. The molecule has 0 atom stereocenters. The lowest BCUT2D eigenvalue weighted by atomic mass is 9.96. The molecule has 2 aliphatic rings. The van der Waals surface area contributed by atoms with Crippen molar-refractivity contribution in [3.8, 4) is 0 Å². The molecular weight excluding hydrogens is 416 g/mol. The van der Waals surface area contributed by atoms with Gasteiger partial charge < -0.3 is 15.1 Å². The smallest absolute Gasteiger partial charge is 0.233 e. The topological polar surface area (TPSA) is 65.5 Å². The highest BCUT2D eigenvalue weighted by atomic mass is 32.2. The number of carbonyl (C=O) groups is 2. The average molecular weight is 447 g/mol. The summed E-state index contributed by atoms with van der Waals surface area (Å²) in [7, 11) is 0. The largest absolute Gasteiger partial charge is 0.356 e. The van der Waals surface area contributed by atoms with E-state index in [1.165, 1.54) is 37.7 Å². The molecule has 0 aliphatic carbocycles. The Kier molecular flexibility index (Phi) is 7.62. The van der Waals surface area contributed by atoms with E-state index in [1.54, 1.807) is 11.3 Å². The molecular formula is C22H30N4O2S2. The molecule has 8 heteroatoms. The zero-order valence-electron chi connectivity index (χ0n) is 17.3. The number of nitrogens with zero attached hydrogens (tertiary/aromatic N) is 3. The van der Waals surface area contributed by atoms with Gasteiger partial charge in [-0.05, 0) is 63.9 Å². The molecule has 6 nitrogen and oxygen atoms in total. The Morgan fingerprint density at radius 3 is 2.67 bits per heavy atom. The van der Waals surface area contributed by atoms with E-state index in [0.29, 0.717) is 18.8 Å². The molecule has 0 spiro atoms. The van der Waals surface area contributed by atoms with E-state index < -0.39 is 0 Å². The lowest BCUT2D eigenvalue weighted by Gasteiger charge is -2.31. The predicted molar refractivity (Wildman–Crippen MR) is 123 cm³/mol. The van der Waals surface area contributed by atoms with Crippen molar-refractivity contribution in [1.29, 1.82) is 0 Å². The van der Waals surface area contributed by atoms with Crippen LogP contribution in [0.15, 0.2) is 28.6 Å². The molecule has 2 amide bonds. The van der Waals surface area contributed by atoms with Crippen LogP contribution in [0.3, 0.4) is 0 Å². The predicted octanol–water partition coefficient (Wildman–Crippen LogP) is 3.23. The Labute approximate surface area is 186 Å². The van der Waals surface area contributed by atoms with Crippen molar-refractivity contribution >= 4 is 45.1 Å². The highest BCUT2D eigenvalue weighted by Gasteiger charge is 2.27. The Hall–Kier alpha value is -1.64. The van der Waals surface area contributed by atoms with Crippen LogP contribution in [0.5, 0.6) is 0 Å². The second-order valence-electron chi connectivity index (χ2n) is 8.08. The highest BCUT2D eigenvalue weighted by Crippen LogP contribution is 2.29. The Morgan fingerprint density at radius 1 is 1.13 bits per heavy atom. The first-order valence-electron chi connectivity index (χ1n) is 11.0. The van der Waals surface area contributed by atoms with Crippen molar-refractivity contribution in [2.75, 3.05) is 45.0 Å². The molecule has 4 rings (SSSR count). The van der Waals surface area contributed by atoms with Crippen LogP contribution in [0, 0.1) is 5.92 Å². The number of hydrogen-bond donors (Lipinski definition) is 1. The number of amides is 2. The van der Waals surface area contributed by atoms with Crippen LogP contribution >= 0.6 is 23.1 Å². The molecule has 1 N–H and O–H groups in total. The van der Waals surface area contributed by atoms with Crippen LogP contribution in [-0.2, 0) is 9.59 Å². The van der Waals surface area contributed by atoms with Crippen molar-refractivity contribution in [2.45, 2.75) is 36.4 Å². The number of fused-ring (bicyclic) bond motifs is 1. The fraction of sp³-hybridized carbons (Fsp3) is 0.591. The fourth-order valence-electron chi connectivity index (χ4n) is 4.18. The number of nitrogens with one attached hydrogen (secondary N) is 1. The third kappa shape index (κ3) is 5.74. The number of rotatable bonds is 8. The van der Waals surface area contributed by atoms with Crippen molar-refractivity contribution in [1.82, 2.24) is 20.1 Å². The molecule has 0 unspecified atom stereocenters. The summed E-state index contributed by atoms with van der Waals surface area (Å²) in [6.07, 6.45) is 5.16. The van der Waals surface area contributed by atoms with E-state index in [1.807, 2.05) is 23.1 Å². The van der Waals surface area contributed by atoms with Gasteiger partial charge in [-0.1, -0.05) is 23.9 Å². The Bertz CT molecular complexity index is 825. The maximum Gasteiger partial charge on any atom is 0.233 e. The second kappa shape index (κ2) is 10.6. The molecule has 2 aromatic rings. The maximum atomic E-state index is 12.6. The Balaban J connectivity index is 1.13. The first kappa shape index (κ1) is 21.6. The zero-order valence-corrected chi connectivity index (χ0v) is 19.0. The molecule has 0 saturated carbocycles. The zero-order chi connectivity index (χ0) is 20.8. The van der Waals surface area contributed by atoms with E-state index in [2.05, 4.69) is 21.3 Å². The van der Waals surface area contributed by atoms with Crippen LogP contribution < -0.4 is 5.32 Å². The van der Waals surface area contributed by atoms with Gasteiger partial charge in [0.25, 0.3) is 0 Å². The number of thiazole rings is 1. The number of carbonyl (C=O) groups excluding carboxylic acids is 2. The van der Waals surface area contributed by atoms with Gasteiger partial charge in [-0.2, -0.15) is 0 Å². The molecule has 0 radical (unpaired) electrons. The second-order valence-corrected chi connectivity index (χ2v) is 10.3. The van der Waals surface area contributed by atoms with E-state index in [0.717, 1.165) is 46.9 Å². The van der Waals surface area contributed by atoms with Crippen LogP contribution in [-0.4, -0.2) is 71.6 Å².